The standard InChI is InChI=1S/C16H24N4O3S/c1-10-11(2)24-16-14(10)15(22)19-12(20-16)4-5-13(21)18-7-6-17-8-9-23-3/h17H,4-9H2,1-3H3,(H,18,21)(H,19,20,22). The lowest BCUT2D eigenvalue weighted by molar-refractivity contribution is -0.121. The van der Waals surface area contributed by atoms with Crippen molar-refractivity contribution < 1.29 is 9.53 Å². The predicted octanol–water partition coefficient (Wildman–Crippen LogP) is 0.886. The van der Waals surface area contributed by atoms with Crippen molar-refractivity contribution in [3.05, 3.63) is 26.6 Å². The summed E-state index contributed by atoms with van der Waals surface area (Å²) in [6.45, 7) is 6.58. The number of rotatable bonds is 9. The molecule has 0 aromatic carbocycles. The van der Waals surface area contributed by atoms with Crippen LogP contribution in [0.4, 0.5) is 0 Å². The van der Waals surface area contributed by atoms with Gasteiger partial charge in [-0.15, -0.1) is 11.3 Å². The van der Waals surface area contributed by atoms with Crippen LogP contribution in [0, 0.1) is 13.8 Å². The number of nitrogens with zero attached hydrogens (tertiary/aromatic N) is 1. The summed E-state index contributed by atoms with van der Waals surface area (Å²) in [7, 11) is 1.65. The lowest BCUT2D eigenvalue weighted by Crippen LogP contribution is -2.33. The zero-order chi connectivity index (χ0) is 17.5. The van der Waals surface area contributed by atoms with Crippen LogP contribution in [0.2, 0.25) is 0 Å². The van der Waals surface area contributed by atoms with Crippen LogP contribution in [-0.2, 0) is 16.0 Å². The van der Waals surface area contributed by atoms with Crippen LogP contribution < -0.4 is 16.2 Å². The molecular formula is C16H24N4O3S. The number of ether oxygens (including phenoxy) is 1. The van der Waals surface area contributed by atoms with Crippen molar-refractivity contribution in [2.75, 3.05) is 33.4 Å². The van der Waals surface area contributed by atoms with Gasteiger partial charge in [-0.05, 0) is 19.4 Å². The molecule has 7 nitrogen and oxygen atoms in total. The van der Waals surface area contributed by atoms with Gasteiger partial charge >= 0.3 is 0 Å². The Morgan fingerprint density at radius 2 is 2.08 bits per heavy atom. The molecule has 0 spiro atoms. The highest BCUT2D eigenvalue weighted by atomic mass is 32.1. The second-order valence-corrected chi connectivity index (χ2v) is 6.77. The van der Waals surface area contributed by atoms with Crippen molar-refractivity contribution in [1.29, 1.82) is 0 Å². The summed E-state index contributed by atoms with van der Waals surface area (Å²) in [6.07, 6.45) is 0.722. The van der Waals surface area contributed by atoms with E-state index < -0.39 is 0 Å². The Bertz CT molecular complexity index is 754. The van der Waals surface area contributed by atoms with E-state index in [9.17, 15) is 9.59 Å². The fourth-order valence-corrected chi connectivity index (χ4v) is 3.38. The molecule has 132 valence electrons. The molecule has 0 aliphatic heterocycles. The van der Waals surface area contributed by atoms with Gasteiger partial charge in [0, 0.05) is 44.5 Å². The Hall–Kier alpha value is -1.77. The summed E-state index contributed by atoms with van der Waals surface area (Å²) in [5, 5.41) is 6.65. The number of aromatic amines is 1. The van der Waals surface area contributed by atoms with E-state index in [2.05, 4.69) is 20.6 Å². The van der Waals surface area contributed by atoms with Crippen molar-refractivity contribution >= 4 is 27.5 Å². The molecular weight excluding hydrogens is 328 g/mol. The van der Waals surface area contributed by atoms with Gasteiger partial charge in [-0.25, -0.2) is 4.98 Å². The molecule has 2 heterocycles. The molecule has 0 unspecified atom stereocenters. The van der Waals surface area contributed by atoms with Gasteiger partial charge in [-0.1, -0.05) is 0 Å². The van der Waals surface area contributed by atoms with Crippen LogP contribution in [0.3, 0.4) is 0 Å². The maximum Gasteiger partial charge on any atom is 0.259 e. The van der Waals surface area contributed by atoms with Crippen LogP contribution in [0.5, 0.6) is 0 Å². The molecule has 2 aromatic heterocycles. The van der Waals surface area contributed by atoms with E-state index >= 15 is 0 Å². The summed E-state index contributed by atoms with van der Waals surface area (Å²) >= 11 is 1.51. The highest BCUT2D eigenvalue weighted by molar-refractivity contribution is 7.18. The first-order valence-electron chi connectivity index (χ1n) is 7.98. The molecule has 2 rings (SSSR count). The molecule has 0 saturated heterocycles. The number of amides is 1. The smallest absolute Gasteiger partial charge is 0.259 e. The number of nitrogens with one attached hydrogen (secondary N) is 3. The fraction of sp³-hybridized carbons (Fsp3) is 0.562. The molecule has 2 aromatic rings. The van der Waals surface area contributed by atoms with Crippen LogP contribution in [-0.4, -0.2) is 49.2 Å². The number of aromatic nitrogens is 2. The van der Waals surface area contributed by atoms with E-state index in [0.717, 1.165) is 21.8 Å². The zero-order valence-electron chi connectivity index (χ0n) is 14.3. The van der Waals surface area contributed by atoms with E-state index in [1.54, 1.807) is 7.11 Å². The summed E-state index contributed by atoms with van der Waals surface area (Å²) in [5.41, 5.74) is 0.855. The van der Waals surface area contributed by atoms with Crippen LogP contribution >= 0.6 is 11.3 Å². The van der Waals surface area contributed by atoms with Gasteiger partial charge in [0.2, 0.25) is 5.91 Å². The van der Waals surface area contributed by atoms with Crippen LogP contribution in [0.1, 0.15) is 22.7 Å². The largest absolute Gasteiger partial charge is 0.383 e. The highest BCUT2D eigenvalue weighted by Gasteiger charge is 2.12. The van der Waals surface area contributed by atoms with Crippen molar-refractivity contribution in [3.8, 4) is 0 Å². The minimum absolute atomic E-state index is 0.0511. The number of aryl methyl sites for hydroxylation is 3. The molecule has 0 saturated carbocycles. The van der Waals surface area contributed by atoms with Gasteiger partial charge in [-0.3, -0.25) is 9.59 Å². The van der Waals surface area contributed by atoms with Crippen molar-refractivity contribution in [3.63, 3.8) is 0 Å². The molecule has 0 bridgehead atoms. The lowest BCUT2D eigenvalue weighted by atomic mass is 10.2. The topological polar surface area (TPSA) is 96.1 Å². The van der Waals surface area contributed by atoms with Crippen molar-refractivity contribution in [1.82, 2.24) is 20.6 Å². The Balaban J connectivity index is 1.83. The number of carbonyl (C=O) groups is 1. The maximum atomic E-state index is 12.2. The highest BCUT2D eigenvalue weighted by Crippen LogP contribution is 2.25. The SMILES string of the molecule is COCCNCCNC(=O)CCc1nc2sc(C)c(C)c2c(=O)[nH]1. The Labute approximate surface area is 144 Å². The van der Waals surface area contributed by atoms with Gasteiger partial charge in [0.1, 0.15) is 10.7 Å². The third-order valence-corrected chi connectivity index (χ3v) is 4.89. The molecule has 0 atom stereocenters. The Morgan fingerprint density at radius 1 is 1.29 bits per heavy atom. The summed E-state index contributed by atoms with van der Waals surface area (Å²) in [4.78, 5) is 33.1. The van der Waals surface area contributed by atoms with Crippen LogP contribution in [0.15, 0.2) is 4.79 Å². The number of fused-ring (bicyclic) bond motifs is 1. The summed E-state index contributed by atoms with van der Waals surface area (Å²) in [5.74, 6) is 0.506. The first kappa shape index (κ1) is 18.6. The normalized spacial score (nSPS) is 11.1. The van der Waals surface area contributed by atoms with Gasteiger partial charge in [0.15, 0.2) is 0 Å². The predicted molar refractivity (Wildman–Crippen MR) is 95.8 cm³/mol. The molecule has 3 N–H and O–H groups in total. The number of thiophene rings is 1. The number of carbonyl (C=O) groups excluding carboxylic acids is 1. The first-order valence-corrected chi connectivity index (χ1v) is 8.79. The second kappa shape index (κ2) is 8.91. The van der Waals surface area contributed by atoms with E-state index in [0.29, 0.717) is 43.7 Å². The number of hydrogen-bond donors (Lipinski definition) is 3. The molecule has 1 amide bonds. The molecule has 8 heteroatoms. The summed E-state index contributed by atoms with van der Waals surface area (Å²) < 4.78 is 4.92. The minimum atomic E-state index is -0.125. The van der Waals surface area contributed by atoms with E-state index in [-0.39, 0.29) is 11.5 Å². The fourth-order valence-electron chi connectivity index (χ4n) is 2.33. The van der Waals surface area contributed by atoms with Gasteiger partial charge in [-0.2, -0.15) is 0 Å². The minimum Gasteiger partial charge on any atom is -0.383 e. The van der Waals surface area contributed by atoms with Gasteiger partial charge in [0.05, 0.1) is 12.0 Å². The Morgan fingerprint density at radius 3 is 2.83 bits per heavy atom. The molecule has 0 aliphatic rings. The van der Waals surface area contributed by atoms with E-state index in [1.165, 1.54) is 11.3 Å². The number of H-pyrrole nitrogens is 1. The average Bonchev–Trinajstić information content (AvgIpc) is 2.83. The monoisotopic (exact) mass is 352 g/mol. The first-order chi connectivity index (χ1) is 11.5. The number of hydrogen-bond acceptors (Lipinski definition) is 6. The molecule has 0 radical (unpaired) electrons. The van der Waals surface area contributed by atoms with Gasteiger partial charge in [0.25, 0.3) is 5.56 Å². The Kier molecular flexibility index (Phi) is 6.89. The zero-order valence-corrected chi connectivity index (χ0v) is 15.1. The molecule has 0 fully saturated rings. The molecule has 0 aliphatic carbocycles. The van der Waals surface area contributed by atoms with E-state index in [4.69, 9.17) is 4.74 Å². The maximum absolute atomic E-state index is 12.2. The van der Waals surface area contributed by atoms with Crippen molar-refractivity contribution in [2.24, 2.45) is 0 Å². The van der Waals surface area contributed by atoms with Crippen LogP contribution in [0.25, 0.3) is 10.2 Å². The second-order valence-electron chi connectivity index (χ2n) is 5.57. The third kappa shape index (κ3) is 4.86. The van der Waals surface area contributed by atoms with Crippen molar-refractivity contribution in [2.45, 2.75) is 26.7 Å². The summed E-state index contributed by atoms with van der Waals surface area (Å²) in [6, 6.07) is 0. The third-order valence-electron chi connectivity index (χ3n) is 3.78. The number of methoxy groups -OCH3 is 1. The van der Waals surface area contributed by atoms with E-state index in [1.807, 2.05) is 13.8 Å². The molecule has 24 heavy (non-hydrogen) atoms. The lowest BCUT2D eigenvalue weighted by Gasteiger charge is -2.06. The quantitative estimate of drug-likeness (QED) is 0.583. The average molecular weight is 352 g/mol. The van der Waals surface area contributed by atoms with Gasteiger partial charge < -0.3 is 20.4 Å².